The lowest BCUT2D eigenvalue weighted by molar-refractivity contribution is -0.129. The second-order valence-corrected chi connectivity index (χ2v) is 4.82. The van der Waals surface area contributed by atoms with E-state index in [1.807, 2.05) is 0 Å². The molecule has 0 saturated heterocycles. The predicted molar refractivity (Wildman–Crippen MR) is 60.1 cm³/mol. The standard InChI is InChI=1S/C13H14F2O2/c1-13(2,3)12(17)10(15)11(16)8-6-4-5-7-9(8)14/h4-7,10H,1-3H3. The largest absolute Gasteiger partial charge is 0.295 e. The SMILES string of the molecule is CC(C)(C)C(=O)C(F)C(=O)c1ccccc1F. The highest BCUT2D eigenvalue weighted by molar-refractivity contribution is 6.14. The molecule has 0 aliphatic carbocycles. The molecule has 0 heterocycles. The lowest BCUT2D eigenvalue weighted by atomic mass is 9.86. The Hall–Kier alpha value is -1.58. The second-order valence-electron chi connectivity index (χ2n) is 4.82. The summed E-state index contributed by atoms with van der Waals surface area (Å²) in [5.41, 5.74) is -1.36. The number of carbonyl (C=O) groups excluding carboxylic acids is 2. The van der Waals surface area contributed by atoms with Crippen LogP contribution in [0, 0.1) is 11.2 Å². The molecule has 0 N–H and O–H groups in total. The zero-order chi connectivity index (χ0) is 13.2. The minimum absolute atomic E-state index is 0.391. The number of alkyl halides is 1. The fourth-order valence-electron chi connectivity index (χ4n) is 1.30. The normalized spacial score (nSPS) is 13.2. The average molecular weight is 240 g/mol. The first-order chi connectivity index (χ1) is 7.75. The second kappa shape index (κ2) is 4.73. The third kappa shape index (κ3) is 2.96. The highest BCUT2D eigenvalue weighted by Crippen LogP contribution is 2.21. The Labute approximate surface area is 98.6 Å². The van der Waals surface area contributed by atoms with E-state index >= 15 is 0 Å². The Morgan fingerprint density at radius 2 is 1.71 bits per heavy atom. The van der Waals surface area contributed by atoms with Crippen molar-refractivity contribution >= 4 is 11.6 Å². The van der Waals surface area contributed by atoms with Gasteiger partial charge in [0.1, 0.15) is 5.82 Å². The lowest BCUT2D eigenvalue weighted by Crippen LogP contribution is -2.35. The molecule has 0 bridgehead atoms. The Morgan fingerprint density at radius 3 is 2.18 bits per heavy atom. The maximum atomic E-state index is 13.7. The summed E-state index contributed by atoms with van der Waals surface area (Å²) < 4.78 is 26.9. The van der Waals surface area contributed by atoms with Gasteiger partial charge in [0.15, 0.2) is 5.78 Å². The maximum Gasteiger partial charge on any atom is 0.221 e. The quantitative estimate of drug-likeness (QED) is 0.601. The van der Waals surface area contributed by atoms with Gasteiger partial charge >= 0.3 is 0 Å². The van der Waals surface area contributed by atoms with E-state index in [1.54, 1.807) is 0 Å². The molecule has 17 heavy (non-hydrogen) atoms. The van der Waals surface area contributed by atoms with Crippen molar-refractivity contribution in [1.29, 1.82) is 0 Å². The van der Waals surface area contributed by atoms with Crippen LogP contribution in [0.2, 0.25) is 0 Å². The van der Waals surface area contributed by atoms with Crippen LogP contribution in [0.5, 0.6) is 0 Å². The topological polar surface area (TPSA) is 34.1 Å². The van der Waals surface area contributed by atoms with Crippen LogP contribution in [0.25, 0.3) is 0 Å². The van der Waals surface area contributed by atoms with Gasteiger partial charge in [0.05, 0.1) is 5.56 Å². The number of hydrogen-bond acceptors (Lipinski definition) is 2. The van der Waals surface area contributed by atoms with Crippen LogP contribution < -0.4 is 0 Å². The Balaban J connectivity index is 3.00. The van der Waals surface area contributed by atoms with Crippen molar-refractivity contribution in [1.82, 2.24) is 0 Å². The van der Waals surface area contributed by atoms with Gasteiger partial charge in [-0.3, -0.25) is 9.59 Å². The maximum absolute atomic E-state index is 13.7. The molecule has 0 radical (unpaired) electrons. The highest BCUT2D eigenvalue weighted by atomic mass is 19.1. The summed E-state index contributed by atoms with van der Waals surface area (Å²) in [7, 11) is 0. The van der Waals surface area contributed by atoms with Gasteiger partial charge in [-0.15, -0.1) is 0 Å². The number of benzene rings is 1. The van der Waals surface area contributed by atoms with Crippen LogP contribution in [0.15, 0.2) is 24.3 Å². The predicted octanol–water partition coefficient (Wildman–Crippen LogP) is 2.96. The first-order valence-corrected chi connectivity index (χ1v) is 5.22. The van der Waals surface area contributed by atoms with Gasteiger partial charge in [-0.1, -0.05) is 32.9 Å². The number of ketones is 2. The van der Waals surface area contributed by atoms with E-state index in [-0.39, 0.29) is 0 Å². The van der Waals surface area contributed by atoms with E-state index < -0.39 is 34.5 Å². The molecule has 1 aromatic carbocycles. The molecule has 2 nitrogen and oxygen atoms in total. The van der Waals surface area contributed by atoms with E-state index in [2.05, 4.69) is 0 Å². The molecule has 0 amide bonds. The molecular weight excluding hydrogens is 226 g/mol. The van der Waals surface area contributed by atoms with Gasteiger partial charge in [0.25, 0.3) is 0 Å². The molecule has 0 aromatic heterocycles. The van der Waals surface area contributed by atoms with Gasteiger partial charge in [-0.25, -0.2) is 8.78 Å². The van der Waals surface area contributed by atoms with E-state index in [4.69, 9.17) is 0 Å². The Morgan fingerprint density at radius 1 is 1.18 bits per heavy atom. The van der Waals surface area contributed by atoms with Crippen LogP contribution in [-0.2, 0) is 4.79 Å². The molecule has 1 rings (SSSR count). The molecule has 0 fully saturated rings. The number of halogens is 2. The smallest absolute Gasteiger partial charge is 0.221 e. The van der Waals surface area contributed by atoms with Crippen molar-refractivity contribution in [2.75, 3.05) is 0 Å². The minimum Gasteiger partial charge on any atom is -0.295 e. The van der Waals surface area contributed by atoms with Crippen LogP contribution >= 0.6 is 0 Å². The van der Waals surface area contributed by atoms with Gasteiger partial charge in [-0.05, 0) is 12.1 Å². The molecule has 92 valence electrons. The summed E-state index contributed by atoms with van der Waals surface area (Å²) in [5.74, 6) is -2.78. The van der Waals surface area contributed by atoms with Crippen LogP contribution in [0.4, 0.5) is 8.78 Å². The van der Waals surface area contributed by atoms with Gasteiger partial charge < -0.3 is 0 Å². The van der Waals surface area contributed by atoms with Crippen molar-refractivity contribution in [3.63, 3.8) is 0 Å². The van der Waals surface area contributed by atoms with Gasteiger partial charge in [-0.2, -0.15) is 0 Å². The van der Waals surface area contributed by atoms with Crippen molar-refractivity contribution < 1.29 is 18.4 Å². The summed E-state index contributed by atoms with van der Waals surface area (Å²) in [6, 6.07) is 5.04. The molecule has 4 heteroatoms. The molecule has 1 unspecified atom stereocenters. The van der Waals surface area contributed by atoms with Crippen molar-refractivity contribution in [3.8, 4) is 0 Å². The van der Waals surface area contributed by atoms with Crippen molar-refractivity contribution in [2.24, 2.45) is 5.41 Å². The number of rotatable bonds is 3. The minimum atomic E-state index is -2.31. The Bertz CT molecular complexity index is 447. The zero-order valence-electron chi connectivity index (χ0n) is 9.96. The Kier molecular flexibility index (Phi) is 3.76. The first-order valence-electron chi connectivity index (χ1n) is 5.22. The van der Waals surface area contributed by atoms with Crippen molar-refractivity contribution in [3.05, 3.63) is 35.6 Å². The third-order valence-electron chi connectivity index (χ3n) is 2.34. The number of carbonyl (C=O) groups is 2. The molecule has 1 aromatic rings. The van der Waals surface area contributed by atoms with Gasteiger partial charge in [0.2, 0.25) is 12.0 Å². The van der Waals surface area contributed by atoms with Gasteiger partial charge in [0, 0.05) is 5.41 Å². The molecular formula is C13H14F2O2. The summed E-state index contributed by atoms with van der Waals surface area (Å²) in [4.78, 5) is 23.2. The molecule has 0 aliphatic heterocycles. The number of hydrogen-bond donors (Lipinski definition) is 0. The number of Topliss-reactive ketones (excluding diaryl/α,β-unsaturated/α-hetero) is 2. The highest BCUT2D eigenvalue weighted by Gasteiger charge is 2.35. The molecule has 0 spiro atoms. The van der Waals surface area contributed by atoms with Crippen LogP contribution in [0.1, 0.15) is 31.1 Å². The lowest BCUT2D eigenvalue weighted by Gasteiger charge is -2.18. The summed E-state index contributed by atoms with van der Waals surface area (Å²) in [5, 5.41) is 0. The van der Waals surface area contributed by atoms with E-state index in [0.29, 0.717) is 0 Å². The monoisotopic (exact) mass is 240 g/mol. The van der Waals surface area contributed by atoms with E-state index in [9.17, 15) is 18.4 Å². The molecule has 1 atom stereocenters. The summed E-state index contributed by atoms with van der Waals surface area (Å²) in [6.07, 6.45) is -2.31. The fourth-order valence-corrected chi connectivity index (χ4v) is 1.30. The average Bonchev–Trinajstić information content (AvgIpc) is 2.25. The van der Waals surface area contributed by atoms with E-state index in [1.165, 1.54) is 39.0 Å². The van der Waals surface area contributed by atoms with Crippen LogP contribution in [-0.4, -0.2) is 17.7 Å². The van der Waals surface area contributed by atoms with Crippen molar-refractivity contribution in [2.45, 2.75) is 26.9 Å². The molecule has 0 aliphatic rings. The van der Waals surface area contributed by atoms with Crippen LogP contribution in [0.3, 0.4) is 0 Å². The first kappa shape index (κ1) is 13.5. The zero-order valence-corrected chi connectivity index (χ0v) is 9.96. The fraction of sp³-hybridized carbons (Fsp3) is 0.385. The summed E-state index contributed by atoms with van der Waals surface area (Å²) in [6.45, 7) is 4.53. The third-order valence-corrected chi connectivity index (χ3v) is 2.34. The van der Waals surface area contributed by atoms with E-state index in [0.717, 1.165) is 6.07 Å². The molecule has 0 saturated carbocycles. The summed E-state index contributed by atoms with van der Waals surface area (Å²) >= 11 is 0.